The van der Waals surface area contributed by atoms with E-state index in [-0.39, 0.29) is 11.9 Å². The highest BCUT2D eigenvalue weighted by molar-refractivity contribution is 6.31. The van der Waals surface area contributed by atoms with Gasteiger partial charge in [0.25, 0.3) is 5.91 Å². The summed E-state index contributed by atoms with van der Waals surface area (Å²) < 4.78 is 0. The number of nitrogens with one attached hydrogen (secondary N) is 1. The number of rotatable bonds is 2. The molecule has 0 bridgehead atoms. The van der Waals surface area contributed by atoms with Crippen molar-refractivity contribution in [2.45, 2.75) is 44.7 Å². The number of hydrogen-bond donors (Lipinski definition) is 1. The molecule has 1 saturated heterocycles. The molecule has 21 heavy (non-hydrogen) atoms. The van der Waals surface area contributed by atoms with Crippen LogP contribution in [-0.4, -0.2) is 22.4 Å². The molecule has 1 spiro atoms. The van der Waals surface area contributed by atoms with Gasteiger partial charge in [-0.25, -0.2) is 4.79 Å². The zero-order valence-corrected chi connectivity index (χ0v) is 12.8. The number of urea groups is 1. The molecule has 2 fully saturated rings. The van der Waals surface area contributed by atoms with E-state index < -0.39 is 5.54 Å². The molecule has 0 radical (unpaired) electrons. The largest absolute Gasteiger partial charge is 0.325 e. The van der Waals surface area contributed by atoms with Crippen LogP contribution in [0, 0.1) is 5.92 Å². The van der Waals surface area contributed by atoms with Gasteiger partial charge in [0.1, 0.15) is 5.54 Å². The van der Waals surface area contributed by atoms with Crippen LogP contribution in [0.15, 0.2) is 24.3 Å². The summed E-state index contributed by atoms with van der Waals surface area (Å²) in [4.78, 5) is 26.2. The van der Waals surface area contributed by atoms with Gasteiger partial charge in [-0.15, -0.1) is 0 Å². The summed E-state index contributed by atoms with van der Waals surface area (Å²) in [6.45, 7) is 2.57. The Morgan fingerprint density at radius 1 is 1.29 bits per heavy atom. The van der Waals surface area contributed by atoms with Crippen LogP contribution >= 0.6 is 11.6 Å². The van der Waals surface area contributed by atoms with Gasteiger partial charge in [-0.1, -0.05) is 36.7 Å². The van der Waals surface area contributed by atoms with Crippen molar-refractivity contribution in [3.8, 4) is 0 Å². The lowest BCUT2D eigenvalue weighted by molar-refractivity contribution is -0.128. The zero-order valence-electron chi connectivity index (χ0n) is 12.1. The maximum Gasteiger partial charge on any atom is 0.325 e. The minimum absolute atomic E-state index is 0.147. The number of hydrogen-bond acceptors (Lipinski definition) is 2. The van der Waals surface area contributed by atoms with Crippen molar-refractivity contribution < 1.29 is 9.59 Å². The molecule has 5 heteroatoms. The van der Waals surface area contributed by atoms with Crippen LogP contribution in [0.25, 0.3) is 0 Å². The second kappa shape index (κ2) is 5.34. The van der Waals surface area contributed by atoms with Gasteiger partial charge < -0.3 is 4.90 Å². The molecular weight excluding hydrogens is 288 g/mol. The molecule has 4 nitrogen and oxygen atoms in total. The van der Waals surface area contributed by atoms with Crippen LogP contribution in [0.2, 0.25) is 5.02 Å². The van der Waals surface area contributed by atoms with Crippen LogP contribution in [0.3, 0.4) is 0 Å². The van der Waals surface area contributed by atoms with Crippen molar-refractivity contribution >= 4 is 23.5 Å². The fourth-order valence-corrected chi connectivity index (χ4v) is 3.55. The fourth-order valence-electron chi connectivity index (χ4n) is 3.35. The Hall–Kier alpha value is -1.55. The molecule has 2 aliphatic rings. The third-order valence-electron chi connectivity index (χ3n) is 4.79. The number of amides is 3. The summed E-state index contributed by atoms with van der Waals surface area (Å²) in [7, 11) is 0. The first kappa shape index (κ1) is 14.4. The lowest BCUT2D eigenvalue weighted by atomic mass is 9.76. The lowest BCUT2D eigenvalue weighted by Gasteiger charge is -2.40. The molecule has 0 aromatic heterocycles. The van der Waals surface area contributed by atoms with Gasteiger partial charge in [0.05, 0.1) is 0 Å². The predicted molar refractivity (Wildman–Crippen MR) is 80.9 cm³/mol. The first-order chi connectivity index (χ1) is 10.0. The molecule has 1 aliphatic heterocycles. The van der Waals surface area contributed by atoms with E-state index in [0.29, 0.717) is 17.5 Å². The lowest BCUT2D eigenvalue weighted by Crippen LogP contribution is -2.51. The fraction of sp³-hybridized carbons (Fsp3) is 0.500. The number of imide groups is 1. The number of carbonyl (C=O) groups excluding carboxylic acids is 2. The molecular formula is C16H19ClN2O2. The van der Waals surface area contributed by atoms with Crippen molar-refractivity contribution in [2.24, 2.45) is 5.92 Å². The number of halogens is 1. The van der Waals surface area contributed by atoms with Gasteiger partial charge in [0.15, 0.2) is 0 Å². The van der Waals surface area contributed by atoms with Gasteiger partial charge in [0.2, 0.25) is 0 Å². The quantitative estimate of drug-likeness (QED) is 0.852. The highest BCUT2D eigenvalue weighted by Gasteiger charge is 2.53. The molecule has 1 aromatic carbocycles. The smallest absolute Gasteiger partial charge is 0.305 e. The number of benzene rings is 1. The van der Waals surface area contributed by atoms with Crippen molar-refractivity contribution in [1.82, 2.24) is 10.2 Å². The van der Waals surface area contributed by atoms with Crippen molar-refractivity contribution in [3.05, 3.63) is 34.9 Å². The van der Waals surface area contributed by atoms with E-state index in [1.54, 1.807) is 4.90 Å². The van der Waals surface area contributed by atoms with E-state index in [1.807, 2.05) is 24.3 Å². The second-order valence-corrected chi connectivity index (χ2v) is 6.56. The SMILES string of the molecule is CC1CCC2(CC1)C(=O)NC(=O)N2Cc1ccccc1Cl. The normalized spacial score (nSPS) is 29.0. The Bertz CT molecular complexity index is 579. The summed E-state index contributed by atoms with van der Waals surface area (Å²) in [6, 6.07) is 7.17. The molecule has 3 amide bonds. The van der Waals surface area contributed by atoms with Crippen molar-refractivity contribution in [3.63, 3.8) is 0 Å². The highest BCUT2D eigenvalue weighted by Crippen LogP contribution is 2.40. The number of nitrogens with zero attached hydrogens (tertiary/aromatic N) is 1. The van der Waals surface area contributed by atoms with E-state index >= 15 is 0 Å². The molecule has 1 heterocycles. The minimum Gasteiger partial charge on any atom is -0.305 e. The van der Waals surface area contributed by atoms with Crippen LogP contribution in [0.4, 0.5) is 4.79 Å². The topological polar surface area (TPSA) is 49.4 Å². The van der Waals surface area contributed by atoms with Gasteiger partial charge in [-0.05, 0) is 43.2 Å². The zero-order chi connectivity index (χ0) is 15.0. The highest BCUT2D eigenvalue weighted by atomic mass is 35.5. The van der Waals surface area contributed by atoms with Crippen LogP contribution in [-0.2, 0) is 11.3 Å². The molecule has 1 N–H and O–H groups in total. The third-order valence-corrected chi connectivity index (χ3v) is 5.16. The Balaban J connectivity index is 1.90. The van der Waals surface area contributed by atoms with E-state index in [9.17, 15) is 9.59 Å². The molecule has 0 atom stereocenters. The molecule has 0 unspecified atom stereocenters. The van der Waals surface area contributed by atoms with Gasteiger partial charge in [-0.3, -0.25) is 10.1 Å². The maximum absolute atomic E-state index is 12.3. The third kappa shape index (κ3) is 2.42. The summed E-state index contributed by atoms with van der Waals surface area (Å²) >= 11 is 6.19. The minimum atomic E-state index is -0.678. The van der Waals surface area contributed by atoms with Crippen molar-refractivity contribution in [2.75, 3.05) is 0 Å². The average molecular weight is 307 g/mol. The molecule has 1 aromatic rings. The van der Waals surface area contributed by atoms with E-state index in [4.69, 9.17) is 11.6 Å². The molecule has 1 aliphatic carbocycles. The molecule has 112 valence electrons. The van der Waals surface area contributed by atoms with Crippen molar-refractivity contribution in [1.29, 1.82) is 0 Å². The first-order valence-corrected chi connectivity index (χ1v) is 7.77. The van der Waals surface area contributed by atoms with E-state index in [0.717, 1.165) is 31.2 Å². The Morgan fingerprint density at radius 2 is 1.95 bits per heavy atom. The van der Waals surface area contributed by atoms with Crippen LogP contribution in [0.5, 0.6) is 0 Å². The second-order valence-electron chi connectivity index (χ2n) is 6.15. The number of carbonyl (C=O) groups is 2. The molecule has 3 rings (SSSR count). The Morgan fingerprint density at radius 3 is 2.62 bits per heavy atom. The summed E-state index contributed by atoms with van der Waals surface area (Å²) in [5.41, 5.74) is 0.199. The van der Waals surface area contributed by atoms with E-state index in [2.05, 4.69) is 12.2 Å². The van der Waals surface area contributed by atoms with E-state index in [1.165, 1.54) is 0 Å². The monoisotopic (exact) mass is 306 g/mol. The van der Waals surface area contributed by atoms with Crippen LogP contribution in [0.1, 0.15) is 38.2 Å². The van der Waals surface area contributed by atoms with Gasteiger partial charge in [0, 0.05) is 11.6 Å². The standard InChI is InChI=1S/C16H19ClN2O2/c1-11-6-8-16(9-7-11)14(20)18-15(21)19(16)10-12-4-2-3-5-13(12)17/h2-5,11H,6-10H2,1H3,(H,18,20,21). The predicted octanol–water partition coefficient (Wildman–Crippen LogP) is 3.34. The molecule has 1 saturated carbocycles. The first-order valence-electron chi connectivity index (χ1n) is 7.39. The van der Waals surface area contributed by atoms with Crippen LogP contribution < -0.4 is 5.32 Å². The summed E-state index contributed by atoms with van der Waals surface area (Å²) in [5, 5.41) is 3.12. The van der Waals surface area contributed by atoms with Gasteiger partial charge >= 0.3 is 6.03 Å². The average Bonchev–Trinajstić information content (AvgIpc) is 2.68. The Labute approximate surface area is 129 Å². The Kier molecular flexibility index (Phi) is 3.66. The summed E-state index contributed by atoms with van der Waals surface area (Å²) in [6.07, 6.45) is 3.41. The van der Waals surface area contributed by atoms with Gasteiger partial charge in [-0.2, -0.15) is 0 Å². The summed E-state index contributed by atoms with van der Waals surface area (Å²) in [5.74, 6) is 0.466. The maximum atomic E-state index is 12.3.